The van der Waals surface area contributed by atoms with Crippen LogP contribution in [0.15, 0.2) is 60.3 Å². The number of nitrogens with zero attached hydrogens (tertiary/aromatic N) is 3. The van der Waals surface area contributed by atoms with Gasteiger partial charge in [0.15, 0.2) is 5.16 Å². The fraction of sp³-hybridized carbons (Fsp3) is 0.393. The van der Waals surface area contributed by atoms with Gasteiger partial charge in [-0.05, 0) is 55.0 Å². The summed E-state index contributed by atoms with van der Waals surface area (Å²) in [6.45, 7) is 15.7. The number of carbonyl (C=O) groups is 1. The highest BCUT2D eigenvalue weighted by atomic mass is 32.2. The third kappa shape index (κ3) is 7.72. The van der Waals surface area contributed by atoms with Crippen LogP contribution in [0.3, 0.4) is 0 Å². The molecule has 3 rings (SSSR count). The summed E-state index contributed by atoms with van der Waals surface area (Å²) in [5, 5.41) is 12.4. The monoisotopic (exact) mass is 492 g/mol. The molecule has 0 spiro atoms. The highest BCUT2D eigenvalue weighted by Crippen LogP contribution is 2.24. The van der Waals surface area contributed by atoms with Crippen LogP contribution in [-0.4, -0.2) is 33.0 Å². The van der Waals surface area contributed by atoms with Gasteiger partial charge in [-0.25, -0.2) is 0 Å². The van der Waals surface area contributed by atoms with Crippen molar-refractivity contribution in [3.8, 4) is 5.75 Å². The molecule has 6 nitrogen and oxygen atoms in total. The molecule has 35 heavy (non-hydrogen) atoms. The van der Waals surface area contributed by atoms with Crippen molar-refractivity contribution in [3.63, 3.8) is 0 Å². The van der Waals surface area contributed by atoms with Gasteiger partial charge in [-0.2, -0.15) is 0 Å². The molecule has 0 unspecified atom stereocenters. The number of carbonyl (C=O) groups excluding carboxylic acids is 1. The summed E-state index contributed by atoms with van der Waals surface area (Å²) < 4.78 is 7.93. The maximum Gasteiger partial charge on any atom is 0.234 e. The van der Waals surface area contributed by atoms with Crippen LogP contribution in [0.25, 0.3) is 0 Å². The molecule has 0 saturated carbocycles. The zero-order valence-corrected chi connectivity index (χ0v) is 22.2. The van der Waals surface area contributed by atoms with Crippen molar-refractivity contribution in [2.75, 3.05) is 17.7 Å². The lowest BCUT2D eigenvalue weighted by atomic mass is 9.87. The van der Waals surface area contributed by atoms with Gasteiger partial charge in [0.1, 0.15) is 11.6 Å². The van der Waals surface area contributed by atoms with Crippen molar-refractivity contribution >= 4 is 23.4 Å². The van der Waals surface area contributed by atoms with Crippen LogP contribution < -0.4 is 10.1 Å². The summed E-state index contributed by atoms with van der Waals surface area (Å²) in [6, 6.07) is 14.3. The van der Waals surface area contributed by atoms with E-state index in [9.17, 15) is 4.79 Å². The predicted octanol–water partition coefficient (Wildman–Crippen LogP) is 6.12. The molecule has 3 aromatic rings. The van der Waals surface area contributed by atoms with Crippen molar-refractivity contribution in [1.29, 1.82) is 0 Å². The van der Waals surface area contributed by atoms with Crippen LogP contribution in [0.4, 0.5) is 5.69 Å². The molecular weight excluding hydrogens is 456 g/mol. The SMILES string of the molecule is C=CCn1c(CCCOc2ccc(C(C)(C)C)cc2)nnc1SCC(=O)Nc1ccc(C)cc1C. The number of aryl methyl sites for hydroxylation is 3. The average Bonchev–Trinajstić information content (AvgIpc) is 3.18. The first kappa shape index (κ1) is 26.5. The second kappa shape index (κ2) is 12.1. The third-order valence-electron chi connectivity index (χ3n) is 5.63. The molecule has 1 heterocycles. The van der Waals surface area contributed by atoms with Gasteiger partial charge in [0.05, 0.1) is 12.4 Å². The second-order valence-electron chi connectivity index (χ2n) is 9.68. The summed E-state index contributed by atoms with van der Waals surface area (Å²) in [7, 11) is 0. The van der Waals surface area contributed by atoms with Crippen LogP contribution in [0.1, 0.15) is 49.7 Å². The lowest BCUT2D eigenvalue weighted by Gasteiger charge is -2.19. The van der Waals surface area contributed by atoms with Crippen molar-refractivity contribution in [2.45, 2.75) is 64.6 Å². The molecule has 0 aliphatic heterocycles. The summed E-state index contributed by atoms with van der Waals surface area (Å²) in [5.41, 5.74) is 4.47. The number of hydrogen-bond donors (Lipinski definition) is 1. The predicted molar refractivity (Wildman–Crippen MR) is 144 cm³/mol. The highest BCUT2D eigenvalue weighted by molar-refractivity contribution is 7.99. The van der Waals surface area contributed by atoms with Crippen LogP contribution in [0.5, 0.6) is 5.75 Å². The number of benzene rings is 2. The summed E-state index contributed by atoms with van der Waals surface area (Å²) in [4.78, 5) is 12.5. The number of rotatable bonds is 11. The Labute approximate surface area is 213 Å². The number of hydrogen-bond acceptors (Lipinski definition) is 5. The van der Waals surface area contributed by atoms with Crippen molar-refractivity contribution in [3.05, 3.63) is 77.6 Å². The van der Waals surface area contributed by atoms with Gasteiger partial charge in [0, 0.05) is 18.7 Å². The Morgan fingerprint density at radius 1 is 1.14 bits per heavy atom. The van der Waals surface area contributed by atoms with E-state index in [0.29, 0.717) is 13.2 Å². The zero-order chi connectivity index (χ0) is 25.4. The van der Waals surface area contributed by atoms with Crippen molar-refractivity contribution in [2.24, 2.45) is 0 Å². The fourth-order valence-corrected chi connectivity index (χ4v) is 4.43. The van der Waals surface area contributed by atoms with Gasteiger partial charge in [-0.15, -0.1) is 16.8 Å². The Kier molecular flexibility index (Phi) is 9.15. The molecule has 186 valence electrons. The zero-order valence-electron chi connectivity index (χ0n) is 21.4. The minimum absolute atomic E-state index is 0.0671. The maximum atomic E-state index is 12.5. The lowest BCUT2D eigenvalue weighted by molar-refractivity contribution is -0.113. The van der Waals surface area contributed by atoms with E-state index in [0.717, 1.165) is 40.8 Å². The van der Waals surface area contributed by atoms with Gasteiger partial charge in [-0.3, -0.25) is 4.79 Å². The largest absolute Gasteiger partial charge is 0.494 e. The summed E-state index contributed by atoms with van der Waals surface area (Å²) in [6.07, 6.45) is 3.37. The average molecular weight is 493 g/mol. The lowest BCUT2D eigenvalue weighted by Crippen LogP contribution is -2.15. The fourth-order valence-electron chi connectivity index (χ4n) is 3.66. The third-order valence-corrected chi connectivity index (χ3v) is 6.59. The van der Waals surface area contributed by atoms with Crippen LogP contribution >= 0.6 is 11.8 Å². The minimum atomic E-state index is -0.0671. The Morgan fingerprint density at radius 3 is 2.54 bits per heavy atom. The quantitative estimate of drug-likeness (QED) is 0.198. The minimum Gasteiger partial charge on any atom is -0.494 e. The molecule has 2 aromatic carbocycles. The van der Waals surface area contributed by atoms with Crippen molar-refractivity contribution < 1.29 is 9.53 Å². The molecule has 1 N–H and O–H groups in total. The molecule has 1 amide bonds. The molecule has 7 heteroatoms. The standard InChI is InChI=1S/C28H36N4O2S/c1-7-16-32-25(9-8-17-34-23-13-11-22(12-14-23)28(4,5)6)30-31-27(32)35-19-26(33)29-24-15-10-20(2)18-21(24)3/h7,10-15,18H,1,8-9,16-17,19H2,2-6H3,(H,29,33). The first-order chi connectivity index (χ1) is 16.7. The molecule has 0 aliphatic carbocycles. The molecule has 0 aliphatic rings. The second-order valence-corrected chi connectivity index (χ2v) is 10.6. The normalized spacial score (nSPS) is 11.3. The number of allylic oxidation sites excluding steroid dienone is 1. The van der Waals surface area contributed by atoms with Gasteiger partial charge >= 0.3 is 0 Å². The molecule has 0 radical (unpaired) electrons. The molecular formula is C28H36N4O2S. The van der Waals surface area contributed by atoms with Crippen LogP contribution in [0.2, 0.25) is 0 Å². The van der Waals surface area contributed by atoms with Gasteiger partial charge in [-0.1, -0.05) is 68.4 Å². The Hall–Kier alpha value is -3.06. The first-order valence-corrected chi connectivity index (χ1v) is 12.9. The van der Waals surface area contributed by atoms with Crippen molar-refractivity contribution in [1.82, 2.24) is 14.8 Å². The maximum absolute atomic E-state index is 12.5. The Balaban J connectivity index is 1.51. The summed E-state index contributed by atoms with van der Waals surface area (Å²) >= 11 is 1.38. The van der Waals surface area contributed by atoms with E-state index < -0.39 is 0 Å². The number of amides is 1. The molecule has 0 fully saturated rings. The Morgan fingerprint density at radius 2 is 1.89 bits per heavy atom. The van der Waals surface area contributed by atoms with E-state index in [1.54, 1.807) is 0 Å². The van der Waals surface area contributed by atoms with E-state index in [1.807, 2.05) is 48.8 Å². The van der Waals surface area contributed by atoms with Crippen LogP contribution in [-0.2, 0) is 23.2 Å². The van der Waals surface area contributed by atoms with Gasteiger partial charge in [0.25, 0.3) is 0 Å². The number of ether oxygens (including phenoxy) is 1. The van der Waals surface area contributed by atoms with E-state index in [-0.39, 0.29) is 17.1 Å². The molecule has 0 atom stereocenters. The smallest absolute Gasteiger partial charge is 0.234 e. The highest BCUT2D eigenvalue weighted by Gasteiger charge is 2.15. The number of anilines is 1. The Bertz CT molecular complexity index is 1150. The summed E-state index contributed by atoms with van der Waals surface area (Å²) in [5.74, 6) is 1.93. The molecule has 0 bridgehead atoms. The number of nitrogens with one attached hydrogen (secondary N) is 1. The van der Waals surface area contributed by atoms with Gasteiger partial charge in [0.2, 0.25) is 5.91 Å². The topological polar surface area (TPSA) is 69.0 Å². The van der Waals surface area contributed by atoms with E-state index in [4.69, 9.17) is 4.74 Å². The van der Waals surface area contributed by atoms with E-state index in [2.05, 4.69) is 61.1 Å². The van der Waals surface area contributed by atoms with E-state index >= 15 is 0 Å². The number of aromatic nitrogens is 3. The molecule has 1 aromatic heterocycles. The van der Waals surface area contributed by atoms with Crippen LogP contribution in [0, 0.1) is 13.8 Å². The van der Waals surface area contributed by atoms with Gasteiger partial charge < -0.3 is 14.6 Å². The number of thioether (sulfide) groups is 1. The first-order valence-electron chi connectivity index (χ1n) is 11.9. The molecule has 0 saturated heterocycles. The van der Waals surface area contributed by atoms with E-state index in [1.165, 1.54) is 22.9 Å².